The average molecular weight is 506 g/mol. The second kappa shape index (κ2) is 8.88. The number of carbonyl (C=O) groups is 1. The SMILES string of the molecule is [2H]C([2H])([2H])c1nnn(C)c1-c1cc2c(cc1F)c1ncc(C(C)=O)cc1n2C(c1cc(C)on1)C1CCOCC1. The lowest BCUT2D eigenvalue weighted by Crippen LogP contribution is -2.27. The molecule has 1 atom stereocenters. The molecule has 10 heteroatoms. The van der Waals surface area contributed by atoms with Gasteiger partial charge >= 0.3 is 0 Å². The minimum absolute atomic E-state index is 0.0454. The Morgan fingerprint density at radius 3 is 2.73 bits per heavy atom. The molecule has 0 aliphatic carbocycles. The van der Waals surface area contributed by atoms with Crippen LogP contribution in [-0.2, 0) is 11.8 Å². The third-order valence-corrected chi connectivity index (χ3v) is 7.16. The molecule has 6 rings (SSSR count). The monoisotopic (exact) mass is 505 g/mol. The van der Waals surface area contributed by atoms with Gasteiger partial charge in [0.25, 0.3) is 0 Å². The van der Waals surface area contributed by atoms with E-state index in [4.69, 9.17) is 13.4 Å². The number of aryl methyl sites for hydroxylation is 3. The smallest absolute Gasteiger partial charge is 0.161 e. The topological polar surface area (TPSA) is 101 Å². The number of hydrogen-bond donors (Lipinski definition) is 0. The molecular formula is C27H27FN6O3. The summed E-state index contributed by atoms with van der Waals surface area (Å²) >= 11 is 0. The van der Waals surface area contributed by atoms with Crippen molar-refractivity contribution < 1.29 is 22.6 Å². The zero-order valence-corrected chi connectivity index (χ0v) is 20.7. The first-order valence-electron chi connectivity index (χ1n) is 13.6. The van der Waals surface area contributed by atoms with Crippen LogP contribution in [0.5, 0.6) is 0 Å². The highest BCUT2D eigenvalue weighted by Gasteiger charge is 2.33. The quantitative estimate of drug-likeness (QED) is 0.312. The molecule has 1 aliphatic rings. The van der Waals surface area contributed by atoms with Crippen molar-refractivity contribution in [3.8, 4) is 11.3 Å². The van der Waals surface area contributed by atoms with E-state index in [1.165, 1.54) is 30.9 Å². The van der Waals surface area contributed by atoms with Crippen LogP contribution in [0.4, 0.5) is 4.39 Å². The van der Waals surface area contributed by atoms with Crippen LogP contribution in [0.3, 0.4) is 0 Å². The number of halogens is 1. The van der Waals surface area contributed by atoms with E-state index in [2.05, 4.69) is 20.5 Å². The van der Waals surface area contributed by atoms with Crippen molar-refractivity contribution in [1.82, 2.24) is 29.7 Å². The number of Topliss-reactive ketones (excluding diaryl/α,β-unsaturated/α-hetero) is 1. The summed E-state index contributed by atoms with van der Waals surface area (Å²) in [6.45, 7) is 1.84. The van der Waals surface area contributed by atoms with Crippen LogP contribution >= 0.6 is 0 Å². The fourth-order valence-corrected chi connectivity index (χ4v) is 5.40. The van der Waals surface area contributed by atoms with E-state index in [0.29, 0.717) is 52.2 Å². The number of pyridine rings is 1. The van der Waals surface area contributed by atoms with E-state index >= 15 is 4.39 Å². The largest absolute Gasteiger partial charge is 0.381 e. The molecular weight excluding hydrogens is 475 g/mol. The maximum atomic E-state index is 15.9. The van der Waals surface area contributed by atoms with E-state index < -0.39 is 12.7 Å². The van der Waals surface area contributed by atoms with Crippen molar-refractivity contribution in [1.29, 1.82) is 0 Å². The molecule has 1 unspecified atom stereocenters. The number of benzene rings is 1. The summed E-state index contributed by atoms with van der Waals surface area (Å²) in [5, 5.41) is 12.6. The first-order chi connectivity index (χ1) is 19.0. The van der Waals surface area contributed by atoms with Crippen LogP contribution in [0.25, 0.3) is 33.2 Å². The van der Waals surface area contributed by atoms with Crippen molar-refractivity contribution in [2.45, 2.75) is 39.6 Å². The van der Waals surface area contributed by atoms with Gasteiger partial charge in [0, 0.05) is 53.2 Å². The summed E-state index contributed by atoms with van der Waals surface area (Å²) in [6, 6.07) is 6.27. The van der Waals surface area contributed by atoms with Crippen molar-refractivity contribution >= 4 is 27.7 Å². The molecule has 4 aromatic heterocycles. The maximum absolute atomic E-state index is 15.9. The summed E-state index contributed by atoms with van der Waals surface area (Å²) in [5.41, 5.74) is 2.68. The molecule has 1 saturated heterocycles. The molecule has 37 heavy (non-hydrogen) atoms. The van der Waals surface area contributed by atoms with Gasteiger partial charge in [-0.3, -0.25) is 9.78 Å². The van der Waals surface area contributed by atoms with Gasteiger partial charge in [0.2, 0.25) is 0 Å². The molecule has 0 spiro atoms. The fourth-order valence-electron chi connectivity index (χ4n) is 5.40. The zero-order chi connectivity index (χ0) is 28.3. The molecule has 190 valence electrons. The number of rotatable bonds is 5. The summed E-state index contributed by atoms with van der Waals surface area (Å²) in [4.78, 5) is 17.0. The highest BCUT2D eigenvalue weighted by Crippen LogP contribution is 2.42. The minimum atomic E-state index is -2.60. The predicted molar refractivity (Wildman–Crippen MR) is 135 cm³/mol. The summed E-state index contributed by atoms with van der Waals surface area (Å²) < 4.78 is 54.1. The Kier molecular flexibility index (Phi) is 4.84. The second-order valence-electron chi connectivity index (χ2n) is 9.53. The van der Waals surface area contributed by atoms with Crippen LogP contribution in [0, 0.1) is 25.5 Å². The highest BCUT2D eigenvalue weighted by molar-refractivity contribution is 6.09. The summed E-state index contributed by atoms with van der Waals surface area (Å²) in [7, 11) is 1.53. The normalized spacial score (nSPS) is 17.1. The lowest BCUT2D eigenvalue weighted by molar-refractivity contribution is 0.0543. The zero-order valence-electron chi connectivity index (χ0n) is 23.7. The van der Waals surface area contributed by atoms with Crippen LogP contribution in [0.15, 0.2) is 35.0 Å². The van der Waals surface area contributed by atoms with Crippen molar-refractivity contribution in [3.63, 3.8) is 0 Å². The Bertz CT molecular complexity index is 1770. The molecule has 0 saturated carbocycles. The molecule has 1 aliphatic heterocycles. The van der Waals surface area contributed by atoms with Gasteiger partial charge in [-0.15, -0.1) is 5.10 Å². The van der Waals surface area contributed by atoms with Crippen LogP contribution in [0.1, 0.15) is 57.4 Å². The Morgan fingerprint density at radius 1 is 1.22 bits per heavy atom. The van der Waals surface area contributed by atoms with Crippen LogP contribution in [-0.4, -0.2) is 48.7 Å². The van der Waals surface area contributed by atoms with E-state index in [1.807, 2.05) is 17.6 Å². The lowest BCUT2D eigenvalue weighted by atomic mass is 9.89. The molecule has 0 radical (unpaired) electrons. The minimum Gasteiger partial charge on any atom is -0.381 e. The van der Waals surface area contributed by atoms with Gasteiger partial charge in [0.1, 0.15) is 17.3 Å². The molecule has 5 aromatic rings. The third kappa shape index (κ3) is 3.83. The number of fused-ring (bicyclic) bond motifs is 3. The van der Waals surface area contributed by atoms with Gasteiger partial charge in [-0.1, -0.05) is 10.4 Å². The molecule has 0 N–H and O–H groups in total. The number of ketones is 1. The van der Waals surface area contributed by atoms with Crippen molar-refractivity contribution in [2.75, 3.05) is 13.2 Å². The third-order valence-electron chi connectivity index (χ3n) is 7.16. The Morgan fingerprint density at radius 2 is 2.03 bits per heavy atom. The standard InChI is InChI=1S/C27H27FN6O3/c1-14-9-22(31-37-14)27(17-5-7-36-8-6-17)34-23-12-19(26-15(2)30-32-33(26)4)21(28)11-20(23)25-24(34)10-18(13-29-25)16(3)35/h9-13,17,27H,5-8H2,1-4H3/i2D3. The maximum Gasteiger partial charge on any atom is 0.161 e. The molecule has 0 bridgehead atoms. The second-order valence-corrected chi connectivity index (χ2v) is 9.53. The fraction of sp³-hybridized carbons (Fsp3) is 0.370. The summed E-state index contributed by atoms with van der Waals surface area (Å²) in [5.74, 6) is -0.0609. The van der Waals surface area contributed by atoms with Gasteiger partial charge in [-0.25, -0.2) is 9.07 Å². The van der Waals surface area contributed by atoms with Gasteiger partial charge in [-0.2, -0.15) is 0 Å². The Balaban J connectivity index is 1.71. The van der Waals surface area contributed by atoms with Gasteiger partial charge in [0.15, 0.2) is 5.78 Å². The molecule has 1 fully saturated rings. The van der Waals surface area contributed by atoms with Crippen molar-refractivity contribution in [2.24, 2.45) is 13.0 Å². The molecule has 0 amide bonds. The molecule has 1 aromatic carbocycles. The van der Waals surface area contributed by atoms with Crippen LogP contribution in [0.2, 0.25) is 0 Å². The number of aromatic nitrogens is 6. The van der Waals surface area contributed by atoms with Gasteiger partial charge in [-0.05, 0) is 57.7 Å². The van der Waals surface area contributed by atoms with E-state index in [1.54, 1.807) is 12.1 Å². The first kappa shape index (κ1) is 20.2. The Labute approximate surface area is 216 Å². The first-order valence-corrected chi connectivity index (χ1v) is 12.1. The molecule has 9 nitrogen and oxygen atoms in total. The highest BCUT2D eigenvalue weighted by atomic mass is 19.1. The van der Waals surface area contributed by atoms with Gasteiger partial charge < -0.3 is 13.8 Å². The number of carbonyl (C=O) groups excluding carboxylic acids is 1. The van der Waals surface area contributed by atoms with E-state index in [0.717, 1.165) is 12.8 Å². The van der Waals surface area contributed by atoms with Crippen LogP contribution < -0.4 is 0 Å². The average Bonchev–Trinajstić information content (AvgIpc) is 3.60. The lowest BCUT2D eigenvalue weighted by Gasteiger charge is -2.31. The van der Waals surface area contributed by atoms with Gasteiger partial charge in [0.05, 0.1) is 34.0 Å². The van der Waals surface area contributed by atoms with E-state index in [9.17, 15) is 4.79 Å². The van der Waals surface area contributed by atoms with Crippen molar-refractivity contribution in [3.05, 3.63) is 59.0 Å². The number of nitrogens with zero attached hydrogens (tertiary/aromatic N) is 6. The molecule has 5 heterocycles. The van der Waals surface area contributed by atoms with E-state index in [-0.39, 0.29) is 34.7 Å². The Hall–Kier alpha value is -3.92. The number of hydrogen-bond acceptors (Lipinski definition) is 7. The predicted octanol–water partition coefficient (Wildman–Crippen LogP) is 4.95. The number of ether oxygens (including phenoxy) is 1. The summed E-state index contributed by atoms with van der Waals surface area (Å²) in [6.07, 6.45) is 2.99.